The van der Waals surface area contributed by atoms with Gasteiger partial charge in [0.1, 0.15) is 23.7 Å². The van der Waals surface area contributed by atoms with E-state index in [1.165, 1.54) is 5.56 Å². The van der Waals surface area contributed by atoms with Gasteiger partial charge in [0.25, 0.3) is 0 Å². The topological polar surface area (TPSA) is 64.0 Å². The van der Waals surface area contributed by atoms with Crippen LogP contribution in [0.25, 0.3) is 10.9 Å². The second kappa shape index (κ2) is 11.2. The van der Waals surface area contributed by atoms with Gasteiger partial charge in [0, 0.05) is 25.5 Å². The first-order chi connectivity index (χ1) is 14.4. The Bertz CT molecular complexity index is 1010. The molecular weight excluding hydrogens is 432 g/mol. The van der Waals surface area contributed by atoms with Crippen LogP contribution in [0.2, 0.25) is 10.0 Å². The third-order valence-corrected chi connectivity index (χ3v) is 5.27. The summed E-state index contributed by atoms with van der Waals surface area (Å²) in [5.41, 5.74) is 4.63. The SMILES string of the molecule is C=C/C=C\C(=NC)c1nc2c(Cl)c(Cl)c(OC)cc2c2c1CN(C)C2.O=CCOF. The minimum Gasteiger partial charge on any atom is -0.495 e. The number of aldehydes is 1. The Morgan fingerprint density at radius 3 is 2.60 bits per heavy atom. The Morgan fingerprint density at radius 1 is 1.37 bits per heavy atom. The van der Waals surface area contributed by atoms with Gasteiger partial charge in [-0.1, -0.05) is 41.9 Å². The maximum absolute atomic E-state index is 10.3. The van der Waals surface area contributed by atoms with Gasteiger partial charge in [-0.2, -0.15) is 4.94 Å². The highest BCUT2D eigenvalue weighted by atomic mass is 35.5. The number of hydrogen-bond donors (Lipinski definition) is 0. The monoisotopic (exact) mass is 453 g/mol. The average Bonchev–Trinajstić information content (AvgIpc) is 3.14. The predicted molar refractivity (Wildman–Crippen MR) is 118 cm³/mol. The Morgan fingerprint density at radius 2 is 2.07 bits per heavy atom. The number of benzene rings is 1. The van der Waals surface area contributed by atoms with Crippen LogP contribution in [0.4, 0.5) is 4.53 Å². The maximum Gasteiger partial charge on any atom is 0.149 e. The number of aliphatic imine (C=N–C) groups is 1. The molecule has 160 valence electrons. The van der Waals surface area contributed by atoms with Gasteiger partial charge >= 0.3 is 0 Å². The number of aromatic nitrogens is 1. The summed E-state index contributed by atoms with van der Waals surface area (Å²) in [4.78, 5) is 23.3. The molecule has 2 aromatic rings. The van der Waals surface area contributed by atoms with Crippen LogP contribution < -0.4 is 4.74 Å². The van der Waals surface area contributed by atoms with Gasteiger partial charge in [-0.15, -0.1) is 0 Å². The zero-order valence-corrected chi connectivity index (χ0v) is 18.4. The molecular formula is C21H22Cl2FN3O3. The van der Waals surface area contributed by atoms with Crippen LogP contribution in [0.1, 0.15) is 16.8 Å². The molecule has 0 N–H and O–H groups in total. The summed E-state index contributed by atoms with van der Waals surface area (Å²) in [5.74, 6) is 0.557. The molecule has 3 rings (SSSR count). The van der Waals surface area contributed by atoms with Gasteiger partial charge in [0.05, 0.1) is 29.1 Å². The van der Waals surface area contributed by atoms with E-state index in [0.29, 0.717) is 27.6 Å². The third-order valence-electron chi connectivity index (χ3n) is 4.43. The van der Waals surface area contributed by atoms with Crippen molar-refractivity contribution in [1.82, 2.24) is 9.88 Å². The third kappa shape index (κ3) is 5.05. The van der Waals surface area contributed by atoms with Crippen LogP contribution in [0.3, 0.4) is 0 Å². The van der Waals surface area contributed by atoms with Crippen LogP contribution in [0.15, 0.2) is 35.9 Å². The summed E-state index contributed by atoms with van der Waals surface area (Å²) in [6.07, 6.45) is 5.80. The lowest BCUT2D eigenvalue weighted by molar-refractivity contribution is -0.145. The minimum atomic E-state index is -0.458. The molecule has 1 aromatic heterocycles. The molecule has 0 bridgehead atoms. The van der Waals surface area contributed by atoms with E-state index in [9.17, 15) is 4.53 Å². The zero-order valence-electron chi connectivity index (χ0n) is 16.9. The summed E-state index contributed by atoms with van der Waals surface area (Å²) < 4.78 is 15.6. The first-order valence-corrected chi connectivity index (χ1v) is 9.68. The van der Waals surface area contributed by atoms with Crippen LogP contribution in [0.5, 0.6) is 5.75 Å². The fraction of sp³-hybridized carbons (Fsp3) is 0.286. The van der Waals surface area contributed by atoms with E-state index in [2.05, 4.69) is 28.5 Å². The number of fused-ring (bicyclic) bond motifs is 3. The molecule has 1 aliphatic rings. The zero-order chi connectivity index (χ0) is 22.3. The molecule has 0 radical (unpaired) electrons. The number of rotatable bonds is 6. The molecule has 0 saturated carbocycles. The summed E-state index contributed by atoms with van der Waals surface area (Å²) >= 11 is 12.8. The van der Waals surface area contributed by atoms with Gasteiger partial charge in [-0.25, -0.2) is 4.98 Å². The van der Waals surface area contributed by atoms with Gasteiger partial charge < -0.3 is 9.53 Å². The van der Waals surface area contributed by atoms with Gasteiger partial charge in [0.2, 0.25) is 0 Å². The fourth-order valence-corrected chi connectivity index (χ4v) is 3.63. The number of carbonyl (C=O) groups is 1. The van der Waals surface area contributed by atoms with Crippen LogP contribution in [-0.4, -0.2) is 49.7 Å². The molecule has 0 aliphatic carbocycles. The van der Waals surface area contributed by atoms with Crippen LogP contribution >= 0.6 is 23.2 Å². The fourth-order valence-electron chi connectivity index (χ4n) is 3.17. The Kier molecular flexibility index (Phi) is 8.92. The lowest BCUT2D eigenvalue weighted by atomic mass is 10.00. The lowest BCUT2D eigenvalue weighted by Gasteiger charge is -2.14. The van der Waals surface area contributed by atoms with Crippen molar-refractivity contribution < 1.29 is 19.0 Å². The highest BCUT2D eigenvalue weighted by Gasteiger charge is 2.27. The largest absolute Gasteiger partial charge is 0.495 e. The van der Waals surface area contributed by atoms with Crippen LogP contribution in [-0.2, 0) is 22.8 Å². The number of ether oxygens (including phenoxy) is 1. The number of hydrogen-bond acceptors (Lipinski definition) is 6. The smallest absolute Gasteiger partial charge is 0.149 e. The number of nitrogens with zero attached hydrogens (tertiary/aromatic N) is 3. The summed E-state index contributed by atoms with van der Waals surface area (Å²) in [6, 6.07) is 1.92. The van der Waals surface area contributed by atoms with Crippen molar-refractivity contribution in [1.29, 1.82) is 0 Å². The number of halogens is 3. The molecule has 6 nitrogen and oxygen atoms in total. The van der Waals surface area contributed by atoms with Gasteiger partial charge in [0.15, 0.2) is 0 Å². The summed E-state index contributed by atoms with van der Waals surface area (Å²) in [5, 5.41) is 1.74. The maximum atomic E-state index is 10.3. The van der Waals surface area contributed by atoms with E-state index in [4.69, 9.17) is 37.7 Å². The first kappa shape index (κ1) is 24.0. The summed E-state index contributed by atoms with van der Waals surface area (Å²) in [7, 11) is 5.41. The standard InChI is InChI=1S/C19H19Cl2N3O.C2H3FO2/c1-5-6-7-14(22-2)18-13-10-24(3)9-12(13)11-8-15(25-4)16(20)17(21)19(11)23-18;3-5-2-1-4/h5-8H,1,9-10H2,2-4H3;1H,2H2/b7-6-,22-14?;. The number of pyridine rings is 1. The van der Waals surface area contributed by atoms with Crippen molar-refractivity contribution in [2.75, 3.05) is 27.8 Å². The van der Waals surface area contributed by atoms with E-state index in [-0.39, 0.29) is 0 Å². The van der Waals surface area contributed by atoms with Crippen molar-refractivity contribution in [2.45, 2.75) is 13.1 Å². The highest BCUT2D eigenvalue weighted by Crippen LogP contribution is 2.41. The molecule has 0 atom stereocenters. The number of carbonyl (C=O) groups excluding carboxylic acids is 1. The quantitative estimate of drug-likeness (QED) is 0.358. The molecule has 0 spiro atoms. The minimum absolute atomic E-state index is 0.333. The van der Waals surface area contributed by atoms with Crippen molar-refractivity contribution >= 4 is 46.1 Å². The molecule has 1 aromatic carbocycles. The van der Waals surface area contributed by atoms with Crippen molar-refractivity contribution in [3.05, 3.63) is 57.7 Å². The highest BCUT2D eigenvalue weighted by molar-refractivity contribution is 6.46. The molecule has 0 amide bonds. The molecule has 9 heteroatoms. The van der Waals surface area contributed by atoms with Crippen molar-refractivity contribution in [3.63, 3.8) is 0 Å². The molecule has 1 aliphatic heterocycles. The average molecular weight is 454 g/mol. The Hall–Kier alpha value is -2.32. The van der Waals surface area contributed by atoms with E-state index in [1.807, 2.05) is 18.2 Å². The Balaban J connectivity index is 0.000000575. The summed E-state index contributed by atoms with van der Waals surface area (Å²) in [6.45, 7) is 4.87. The normalized spacial score (nSPS) is 13.9. The van der Waals surface area contributed by atoms with E-state index in [0.717, 1.165) is 35.4 Å². The molecule has 2 heterocycles. The molecule has 30 heavy (non-hydrogen) atoms. The first-order valence-electron chi connectivity index (χ1n) is 8.92. The number of methoxy groups -OCH3 is 1. The molecule has 0 unspecified atom stereocenters. The Labute approximate surface area is 184 Å². The molecule has 0 saturated heterocycles. The van der Waals surface area contributed by atoms with Crippen LogP contribution in [0, 0.1) is 0 Å². The number of allylic oxidation sites excluding steroid dienone is 3. The molecule has 0 fully saturated rings. The van der Waals surface area contributed by atoms with Crippen molar-refractivity contribution in [2.24, 2.45) is 4.99 Å². The van der Waals surface area contributed by atoms with Crippen molar-refractivity contribution in [3.8, 4) is 5.75 Å². The second-order valence-electron chi connectivity index (χ2n) is 6.34. The van der Waals surface area contributed by atoms with E-state index < -0.39 is 6.61 Å². The van der Waals surface area contributed by atoms with Gasteiger partial charge in [-0.3, -0.25) is 9.89 Å². The van der Waals surface area contributed by atoms with E-state index in [1.54, 1.807) is 20.2 Å². The van der Waals surface area contributed by atoms with Gasteiger partial charge in [-0.05, 0) is 34.8 Å². The predicted octanol–water partition coefficient (Wildman–Crippen LogP) is 4.74. The lowest BCUT2D eigenvalue weighted by Crippen LogP contribution is -2.10. The van der Waals surface area contributed by atoms with E-state index >= 15 is 0 Å². The second-order valence-corrected chi connectivity index (χ2v) is 7.09.